The Labute approximate surface area is 124 Å². The Morgan fingerprint density at radius 3 is 2.57 bits per heavy atom. The molecule has 1 fully saturated rings. The molecule has 6 nitrogen and oxygen atoms in total. The summed E-state index contributed by atoms with van der Waals surface area (Å²) < 4.78 is 4.06. The summed E-state index contributed by atoms with van der Waals surface area (Å²) in [5, 5.41) is 12.8. The van der Waals surface area contributed by atoms with Crippen molar-refractivity contribution in [2.24, 2.45) is 7.05 Å². The van der Waals surface area contributed by atoms with E-state index in [4.69, 9.17) is 10.1 Å². The molecule has 112 valence electrons. The average molecular weight is 286 g/mol. The molecule has 2 aromatic rings. The van der Waals surface area contributed by atoms with Crippen LogP contribution >= 0.6 is 0 Å². The highest BCUT2D eigenvalue weighted by Gasteiger charge is 2.31. The van der Waals surface area contributed by atoms with Crippen LogP contribution in [-0.4, -0.2) is 31.1 Å². The van der Waals surface area contributed by atoms with Gasteiger partial charge in [0.15, 0.2) is 5.82 Å². The van der Waals surface area contributed by atoms with E-state index in [1.807, 2.05) is 11.7 Å². The molecule has 0 radical (unpaired) electrons. The maximum absolute atomic E-state index is 4.83. The van der Waals surface area contributed by atoms with Crippen molar-refractivity contribution in [3.63, 3.8) is 0 Å². The van der Waals surface area contributed by atoms with Crippen LogP contribution in [0.5, 0.6) is 0 Å². The van der Waals surface area contributed by atoms with E-state index in [9.17, 15) is 0 Å². The van der Waals surface area contributed by atoms with Crippen LogP contribution < -0.4 is 5.32 Å². The van der Waals surface area contributed by atoms with Gasteiger partial charge >= 0.3 is 0 Å². The van der Waals surface area contributed by atoms with Gasteiger partial charge in [0.1, 0.15) is 0 Å². The number of nitrogens with one attached hydrogen (secondary N) is 1. The SMILES string of the molecule is Cc1nn(C)c(C)c1C1CCNc2nc(C3CCC3)nn21. The Kier molecular flexibility index (Phi) is 2.80. The van der Waals surface area contributed by atoms with E-state index in [-0.39, 0.29) is 6.04 Å². The lowest BCUT2D eigenvalue weighted by molar-refractivity contribution is 0.393. The summed E-state index contributed by atoms with van der Waals surface area (Å²) >= 11 is 0. The molecule has 0 bridgehead atoms. The molecule has 1 N–H and O–H groups in total. The second-order valence-corrected chi connectivity index (χ2v) is 6.31. The zero-order valence-corrected chi connectivity index (χ0v) is 12.9. The van der Waals surface area contributed by atoms with Gasteiger partial charge in [-0.05, 0) is 33.1 Å². The molecule has 1 unspecified atom stereocenters. The van der Waals surface area contributed by atoms with Gasteiger partial charge in [-0.15, -0.1) is 0 Å². The second-order valence-electron chi connectivity index (χ2n) is 6.31. The van der Waals surface area contributed by atoms with Crippen molar-refractivity contribution in [3.05, 3.63) is 22.8 Å². The van der Waals surface area contributed by atoms with Gasteiger partial charge in [-0.1, -0.05) is 6.42 Å². The lowest BCUT2D eigenvalue weighted by atomic mass is 9.85. The van der Waals surface area contributed by atoms with Gasteiger partial charge in [0.2, 0.25) is 5.95 Å². The molecular formula is C15H22N6. The fourth-order valence-corrected chi connectivity index (χ4v) is 3.50. The van der Waals surface area contributed by atoms with Crippen LogP contribution in [0.15, 0.2) is 0 Å². The van der Waals surface area contributed by atoms with Gasteiger partial charge in [-0.3, -0.25) is 4.68 Å². The summed E-state index contributed by atoms with van der Waals surface area (Å²) in [6, 6.07) is 0.260. The minimum Gasteiger partial charge on any atom is -0.354 e. The third-order valence-electron chi connectivity index (χ3n) is 5.01. The molecule has 1 aliphatic carbocycles. The van der Waals surface area contributed by atoms with Gasteiger partial charge in [0.05, 0.1) is 11.7 Å². The number of anilines is 1. The first kappa shape index (κ1) is 12.9. The predicted molar refractivity (Wildman–Crippen MR) is 80.5 cm³/mol. The molecular weight excluding hydrogens is 264 g/mol. The number of aryl methyl sites for hydroxylation is 2. The first-order valence-corrected chi connectivity index (χ1v) is 7.85. The second kappa shape index (κ2) is 4.58. The van der Waals surface area contributed by atoms with Gasteiger partial charge < -0.3 is 5.32 Å². The summed E-state index contributed by atoms with van der Waals surface area (Å²) in [5.41, 5.74) is 3.64. The molecule has 1 aliphatic heterocycles. The zero-order valence-electron chi connectivity index (χ0n) is 12.9. The van der Waals surface area contributed by atoms with Crippen molar-refractivity contribution in [1.82, 2.24) is 24.5 Å². The lowest BCUT2D eigenvalue weighted by Crippen LogP contribution is -2.25. The highest BCUT2D eigenvalue weighted by molar-refractivity contribution is 5.36. The number of hydrogen-bond donors (Lipinski definition) is 1. The zero-order chi connectivity index (χ0) is 14.6. The molecule has 0 saturated heterocycles. The summed E-state index contributed by atoms with van der Waals surface area (Å²) in [6.07, 6.45) is 4.82. The topological polar surface area (TPSA) is 60.6 Å². The van der Waals surface area contributed by atoms with Crippen LogP contribution in [0.4, 0.5) is 5.95 Å². The number of aromatic nitrogens is 5. The maximum Gasteiger partial charge on any atom is 0.221 e. The summed E-state index contributed by atoms with van der Waals surface area (Å²) in [4.78, 5) is 4.73. The van der Waals surface area contributed by atoms with Crippen LogP contribution in [0, 0.1) is 13.8 Å². The van der Waals surface area contributed by atoms with Crippen LogP contribution in [0.3, 0.4) is 0 Å². The standard InChI is InChI=1S/C15H22N6/c1-9-13(10(2)20(3)18-9)12-7-8-16-15-17-14(19-21(12)15)11-5-4-6-11/h11-12H,4-8H2,1-3H3,(H,16,17,19). The lowest BCUT2D eigenvalue weighted by Gasteiger charge is -2.25. The first-order valence-electron chi connectivity index (χ1n) is 7.85. The Bertz CT molecular complexity index is 679. The summed E-state index contributed by atoms with van der Waals surface area (Å²) in [5.74, 6) is 2.52. The molecule has 2 aromatic heterocycles. The number of fused-ring (bicyclic) bond motifs is 1. The van der Waals surface area contributed by atoms with Gasteiger partial charge in [0, 0.05) is 30.8 Å². The Hall–Kier alpha value is -1.85. The van der Waals surface area contributed by atoms with Gasteiger partial charge in [0.25, 0.3) is 0 Å². The van der Waals surface area contributed by atoms with Crippen molar-refractivity contribution in [3.8, 4) is 0 Å². The van der Waals surface area contributed by atoms with E-state index in [0.717, 1.165) is 30.4 Å². The molecule has 0 spiro atoms. The van der Waals surface area contributed by atoms with Crippen LogP contribution in [0.25, 0.3) is 0 Å². The van der Waals surface area contributed by atoms with E-state index < -0.39 is 0 Å². The number of nitrogens with zero attached hydrogens (tertiary/aromatic N) is 5. The van der Waals surface area contributed by atoms with Crippen molar-refractivity contribution in [2.45, 2.75) is 51.5 Å². The van der Waals surface area contributed by atoms with Crippen molar-refractivity contribution < 1.29 is 0 Å². The Morgan fingerprint density at radius 1 is 1.14 bits per heavy atom. The monoisotopic (exact) mass is 286 g/mol. The van der Waals surface area contributed by atoms with E-state index in [1.165, 1.54) is 30.5 Å². The van der Waals surface area contributed by atoms with E-state index >= 15 is 0 Å². The van der Waals surface area contributed by atoms with Crippen LogP contribution in [0.2, 0.25) is 0 Å². The molecule has 6 heteroatoms. The number of hydrogen-bond acceptors (Lipinski definition) is 4. The fourth-order valence-electron chi connectivity index (χ4n) is 3.50. The van der Waals surface area contributed by atoms with Crippen molar-refractivity contribution in [1.29, 1.82) is 0 Å². The molecule has 3 heterocycles. The maximum atomic E-state index is 4.83. The predicted octanol–water partition coefficient (Wildman–Crippen LogP) is 2.30. The third kappa shape index (κ3) is 1.88. The minimum atomic E-state index is 0.260. The Balaban J connectivity index is 1.77. The fraction of sp³-hybridized carbons (Fsp3) is 0.667. The van der Waals surface area contributed by atoms with Crippen molar-refractivity contribution >= 4 is 5.95 Å². The van der Waals surface area contributed by atoms with Crippen LogP contribution in [0.1, 0.15) is 60.4 Å². The third-order valence-corrected chi connectivity index (χ3v) is 5.01. The Morgan fingerprint density at radius 2 is 1.95 bits per heavy atom. The average Bonchev–Trinajstić information content (AvgIpc) is 2.90. The van der Waals surface area contributed by atoms with E-state index in [1.54, 1.807) is 0 Å². The molecule has 0 aromatic carbocycles. The minimum absolute atomic E-state index is 0.260. The highest BCUT2D eigenvalue weighted by Crippen LogP contribution is 2.37. The van der Waals surface area contributed by atoms with E-state index in [2.05, 4.69) is 28.9 Å². The first-order chi connectivity index (χ1) is 10.1. The normalized spacial score (nSPS) is 21.8. The largest absolute Gasteiger partial charge is 0.354 e. The smallest absolute Gasteiger partial charge is 0.221 e. The highest BCUT2D eigenvalue weighted by atomic mass is 15.4. The van der Waals surface area contributed by atoms with E-state index in [0.29, 0.717) is 5.92 Å². The molecule has 1 saturated carbocycles. The molecule has 4 rings (SSSR count). The summed E-state index contributed by atoms with van der Waals surface area (Å²) in [7, 11) is 2.01. The quantitative estimate of drug-likeness (QED) is 0.920. The van der Waals surface area contributed by atoms with Crippen LogP contribution in [-0.2, 0) is 7.05 Å². The molecule has 1 atom stereocenters. The molecule has 21 heavy (non-hydrogen) atoms. The van der Waals surface area contributed by atoms with Gasteiger partial charge in [-0.2, -0.15) is 15.2 Å². The summed E-state index contributed by atoms with van der Waals surface area (Å²) in [6.45, 7) is 5.18. The molecule has 0 amide bonds. The van der Waals surface area contributed by atoms with Crippen molar-refractivity contribution in [2.75, 3.05) is 11.9 Å². The van der Waals surface area contributed by atoms with Gasteiger partial charge in [-0.25, -0.2) is 4.68 Å². The number of rotatable bonds is 2. The molecule has 2 aliphatic rings.